The van der Waals surface area contributed by atoms with Crippen molar-refractivity contribution in [3.05, 3.63) is 28.7 Å². The fourth-order valence-electron chi connectivity index (χ4n) is 1.99. The number of hydrogen-bond donors (Lipinski definition) is 0. The molecular formula is C14H20BrNO3. The monoisotopic (exact) mass is 329 g/mol. The Bertz CT molecular complexity index is 365. The van der Waals surface area contributed by atoms with E-state index in [1.807, 2.05) is 24.3 Å². The van der Waals surface area contributed by atoms with Gasteiger partial charge in [0.15, 0.2) is 0 Å². The minimum atomic E-state index is 0.0850. The third kappa shape index (κ3) is 5.10. The van der Waals surface area contributed by atoms with E-state index in [4.69, 9.17) is 14.2 Å². The van der Waals surface area contributed by atoms with Crippen molar-refractivity contribution in [3.63, 3.8) is 0 Å². The second kappa shape index (κ2) is 7.85. The van der Waals surface area contributed by atoms with E-state index in [0.717, 1.165) is 43.1 Å². The molecule has 106 valence electrons. The maximum Gasteiger partial charge on any atom is 0.119 e. The average molecular weight is 330 g/mol. The summed E-state index contributed by atoms with van der Waals surface area (Å²) in [4.78, 5) is 2.35. The van der Waals surface area contributed by atoms with Gasteiger partial charge in [0.2, 0.25) is 0 Å². The van der Waals surface area contributed by atoms with Gasteiger partial charge in [0.1, 0.15) is 18.5 Å². The topological polar surface area (TPSA) is 30.9 Å². The Morgan fingerprint density at radius 3 is 2.58 bits per heavy atom. The van der Waals surface area contributed by atoms with Crippen LogP contribution in [0.5, 0.6) is 5.75 Å². The molecule has 0 amide bonds. The van der Waals surface area contributed by atoms with E-state index < -0.39 is 0 Å². The third-order valence-corrected chi connectivity index (χ3v) is 3.68. The Labute approximate surface area is 122 Å². The van der Waals surface area contributed by atoms with Gasteiger partial charge in [-0.2, -0.15) is 0 Å². The summed E-state index contributed by atoms with van der Waals surface area (Å²) in [5, 5.41) is 0. The molecule has 1 aromatic rings. The van der Waals surface area contributed by atoms with E-state index in [9.17, 15) is 0 Å². The van der Waals surface area contributed by atoms with E-state index in [2.05, 4.69) is 20.8 Å². The van der Waals surface area contributed by atoms with Crippen LogP contribution < -0.4 is 4.74 Å². The lowest BCUT2D eigenvalue weighted by Gasteiger charge is -2.29. The first-order chi connectivity index (χ1) is 9.28. The Morgan fingerprint density at radius 2 is 1.95 bits per heavy atom. The molecule has 0 aliphatic carbocycles. The Hall–Kier alpha value is -0.620. The number of morpholine rings is 1. The van der Waals surface area contributed by atoms with Gasteiger partial charge in [-0.25, -0.2) is 0 Å². The van der Waals surface area contributed by atoms with Crippen molar-refractivity contribution < 1.29 is 14.2 Å². The summed E-state index contributed by atoms with van der Waals surface area (Å²) in [6.07, 6.45) is 0.0850. The van der Waals surface area contributed by atoms with Crippen LogP contribution in [-0.2, 0) is 9.47 Å². The number of halogens is 1. The van der Waals surface area contributed by atoms with Gasteiger partial charge in [0.05, 0.1) is 13.2 Å². The van der Waals surface area contributed by atoms with E-state index in [-0.39, 0.29) is 6.10 Å². The molecule has 1 heterocycles. The van der Waals surface area contributed by atoms with E-state index >= 15 is 0 Å². The zero-order valence-electron chi connectivity index (χ0n) is 11.2. The van der Waals surface area contributed by atoms with Crippen LogP contribution in [0.1, 0.15) is 0 Å². The van der Waals surface area contributed by atoms with Crippen molar-refractivity contribution in [2.45, 2.75) is 6.10 Å². The van der Waals surface area contributed by atoms with E-state index in [1.54, 1.807) is 7.11 Å². The lowest BCUT2D eigenvalue weighted by Crippen LogP contribution is -2.43. The van der Waals surface area contributed by atoms with Gasteiger partial charge in [0.25, 0.3) is 0 Å². The molecule has 4 nitrogen and oxygen atoms in total. The van der Waals surface area contributed by atoms with Gasteiger partial charge in [-0.1, -0.05) is 15.9 Å². The number of ether oxygens (including phenoxy) is 3. The van der Waals surface area contributed by atoms with Crippen molar-refractivity contribution in [3.8, 4) is 5.75 Å². The molecule has 19 heavy (non-hydrogen) atoms. The first-order valence-electron chi connectivity index (χ1n) is 6.49. The smallest absolute Gasteiger partial charge is 0.119 e. The van der Waals surface area contributed by atoms with Crippen LogP contribution in [0.4, 0.5) is 0 Å². The molecule has 1 aliphatic rings. The van der Waals surface area contributed by atoms with Crippen molar-refractivity contribution in [2.75, 3.05) is 46.6 Å². The summed E-state index contributed by atoms with van der Waals surface area (Å²) in [6, 6.07) is 7.84. The highest BCUT2D eigenvalue weighted by atomic mass is 79.9. The van der Waals surface area contributed by atoms with Gasteiger partial charge in [-0.15, -0.1) is 0 Å². The number of benzene rings is 1. The predicted molar refractivity (Wildman–Crippen MR) is 77.7 cm³/mol. The lowest BCUT2D eigenvalue weighted by molar-refractivity contribution is -0.0107. The zero-order chi connectivity index (χ0) is 13.5. The molecule has 0 aromatic heterocycles. The summed E-state index contributed by atoms with van der Waals surface area (Å²) in [6.45, 7) is 5.01. The minimum Gasteiger partial charge on any atom is -0.491 e. The van der Waals surface area contributed by atoms with Gasteiger partial charge in [-0.3, -0.25) is 4.90 Å². The number of hydrogen-bond acceptors (Lipinski definition) is 4. The molecule has 1 fully saturated rings. The van der Waals surface area contributed by atoms with E-state index in [1.165, 1.54) is 0 Å². The second-order valence-electron chi connectivity index (χ2n) is 4.54. The van der Waals surface area contributed by atoms with Crippen molar-refractivity contribution in [2.24, 2.45) is 0 Å². The fourth-order valence-corrected chi connectivity index (χ4v) is 2.25. The molecule has 1 atom stereocenters. The standard InChI is InChI=1S/C14H20BrNO3/c1-17-14(10-16-6-8-18-9-7-16)11-19-13-4-2-12(15)3-5-13/h2-5,14H,6-11H2,1H3. The largest absolute Gasteiger partial charge is 0.491 e. The van der Waals surface area contributed by atoms with Crippen molar-refractivity contribution >= 4 is 15.9 Å². The van der Waals surface area contributed by atoms with Crippen molar-refractivity contribution in [1.82, 2.24) is 4.90 Å². The highest BCUT2D eigenvalue weighted by molar-refractivity contribution is 9.10. The SMILES string of the molecule is COC(COc1ccc(Br)cc1)CN1CCOCC1. The molecule has 1 saturated heterocycles. The van der Waals surface area contributed by atoms with Gasteiger partial charge in [0, 0.05) is 31.2 Å². The molecule has 0 N–H and O–H groups in total. The summed E-state index contributed by atoms with van der Waals surface area (Å²) in [5.74, 6) is 0.868. The second-order valence-corrected chi connectivity index (χ2v) is 5.45. The predicted octanol–water partition coefficient (Wildman–Crippen LogP) is 2.18. The summed E-state index contributed by atoms with van der Waals surface area (Å²) >= 11 is 3.41. The van der Waals surface area contributed by atoms with Crippen LogP contribution in [-0.4, -0.2) is 57.6 Å². The molecular weight excluding hydrogens is 310 g/mol. The highest BCUT2D eigenvalue weighted by Gasteiger charge is 2.16. The number of rotatable bonds is 6. The normalized spacial score (nSPS) is 18.2. The molecule has 0 spiro atoms. The molecule has 1 aromatic carbocycles. The Morgan fingerprint density at radius 1 is 1.26 bits per heavy atom. The summed E-state index contributed by atoms with van der Waals surface area (Å²) in [7, 11) is 1.73. The molecule has 0 radical (unpaired) electrons. The van der Waals surface area contributed by atoms with E-state index in [0.29, 0.717) is 6.61 Å². The lowest BCUT2D eigenvalue weighted by atomic mass is 10.3. The van der Waals surface area contributed by atoms with Gasteiger partial charge < -0.3 is 14.2 Å². The molecule has 0 saturated carbocycles. The highest BCUT2D eigenvalue weighted by Crippen LogP contribution is 2.16. The first-order valence-corrected chi connectivity index (χ1v) is 7.28. The maximum atomic E-state index is 5.75. The molecule has 2 rings (SSSR count). The van der Waals surface area contributed by atoms with Crippen LogP contribution in [0.2, 0.25) is 0 Å². The first kappa shape index (κ1) is 14.8. The molecule has 1 aliphatic heterocycles. The molecule has 5 heteroatoms. The van der Waals surface area contributed by atoms with Crippen LogP contribution in [0, 0.1) is 0 Å². The number of methoxy groups -OCH3 is 1. The van der Waals surface area contributed by atoms with Crippen LogP contribution in [0.3, 0.4) is 0 Å². The Kier molecular flexibility index (Phi) is 6.10. The van der Waals surface area contributed by atoms with Gasteiger partial charge in [-0.05, 0) is 24.3 Å². The van der Waals surface area contributed by atoms with Crippen LogP contribution >= 0.6 is 15.9 Å². The average Bonchev–Trinajstić information content (AvgIpc) is 2.46. The van der Waals surface area contributed by atoms with Crippen LogP contribution in [0.25, 0.3) is 0 Å². The molecule has 0 bridgehead atoms. The van der Waals surface area contributed by atoms with Gasteiger partial charge >= 0.3 is 0 Å². The summed E-state index contributed by atoms with van der Waals surface area (Å²) < 4.78 is 17.6. The fraction of sp³-hybridized carbons (Fsp3) is 0.571. The minimum absolute atomic E-state index is 0.0850. The quantitative estimate of drug-likeness (QED) is 0.800. The third-order valence-electron chi connectivity index (χ3n) is 3.15. The maximum absolute atomic E-state index is 5.75. The molecule has 1 unspecified atom stereocenters. The Balaban J connectivity index is 1.76. The van der Waals surface area contributed by atoms with Crippen molar-refractivity contribution in [1.29, 1.82) is 0 Å². The van der Waals surface area contributed by atoms with Crippen LogP contribution in [0.15, 0.2) is 28.7 Å². The summed E-state index contributed by atoms with van der Waals surface area (Å²) in [5.41, 5.74) is 0. The zero-order valence-corrected chi connectivity index (χ0v) is 12.8. The number of nitrogens with zero attached hydrogens (tertiary/aromatic N) is 1.